The molecule has 0 atom stereocenters. The molecule has 0 aromatic carbocycles. The Bertz CT molecular complexity index is 836. The topological polar surface area (TPSA) is 52.6 Å². The lowest BCUT2D eigenvalue weighted by Crippen LogP contribution is -2.50. The fraction of sp³-hybridized carbons (Fsp3) is 0.650. The highest BCUT2D eigenvalue weighted by Crippen LogP contribution is 2.39. The van der Waals surface area contributed by atoms with E-state index < -0.39 is 0 Å². The molecule has 0 unspecified atom stereocenters. The van der Waals surface area contributed by atoms with Gasteiger partial charge in [-0.15, -0.1) is 11.3 Å². The van der Waals surface area contributed by atoms with E-state index in [1.54, 1.807) is 6.33 Å². The van der Waals surface area contributed by atoms with Crippen molar-refractivity contribution in [3.8, 4) is 0 Å². The number of aromatic nitrogens is 2. The summed E-state index contributed by atoms with van der Waals surface area (Å²) in [6.07, 6.45) is 8.99. The molecule has 4 heterocycles. The van der Waals surface area contributed by atoms with Crippen molar-refractivity contribution < 1.29 is 4.79 Å². The Morgan fingerprint density at radius 2 is 1.74 bits per heavy atom. The van der Waals surface area contributed by atoms with E-state index in [-0.39, 0.29) is 0 Å². The van der Waals surface area contributed by atoms with Gasteiger partial charge in [0.25, 0.3) is 0 Å². The van der Waals surface area contributed by atoms with E-state index in [0.717, 1.165) is 62.8 Å². The average molecular weight is 386 g/mol. The van der Waals surface area contributed by atoms with Crippen LogP contribution in [0.25, 0.3) is 10.2 Å². The van der Waals surface area contributed by atoms with E-state index in [1.165, 1.54) is 41.5 Å². The number of thiophene rings is 1. The lowest BCUT2D eigenvalue weighted by molar-refractivity contribution is -0.131. The van der Waals surface area contributed by atoms with Crippen molar-refractivity contribution in [1.82, 2.24) is 19.8 Å². The lowest BCUT2D eigenvalue weighted by atomic mass is 9.97. The van der Waals surface area contributed by atoms with E-state index in [0.29, 0.717) is 12.5 Å². The van der Waals surface area contributed by atoms with E-state index in [9.17, 15) is 4.79 Å². The van der Waals surface area contributed by atoms with Gasteiger partial charge in [-0.1, -0.05) is 0 Å². The number of hydrogen-bond acceptors (Lipinski definition) is 6. The SMILES string of the molecule is O=C(CN1CCN(c2ncnc3sc4c(c23)CCCC4)CC1)N1CCCC1. The predicted octanol–water partition coefficient (Wildman–Crippen LogP) is 2.31. The summed E-state index contributed by atoms with van der Waals surface area (Å²) >= 11 is 1.86. The van der Waals surface area contributed by atoms with Crippen molar-refractivity contribution >= 4 is 33.3 Å². The van der Waals surface area contributed by atoms with Gasteiger partial charge in [0.2, 0.25) is 5.91 Å². The third kappa shape index (κ3) is 3.31. The maximum absolute atomic E-state index is 12.4. The lowest BCUT2D eigenvalue weighted by Gasteiger charge is -2.36. The van der Waals surface area contributed by atoms with Crippen molar-refractivity contribution in [3.05, 3.63) is 16.8 Å². The van der Waals surface area contributed by atoms with Crippen molar-refractivity contribution in [2.24, 2.45) is 0 Å². The number of hydrogen-bond donors (Lipinski definition) is 0. The number of aryl methyl sites for hydroxylation is 2. The minimum absolute atomic E-state index is 0.303. The molecule has 27 heavy (non-hydrogen) atoms. The minimum Gasteiger partial charge on any atom is -0.353 e. The Kier molecular flexibility index (Phi) is 4.73. The molecule has 0 N–H and O–H groups in total. The molecule has 3 aliphatic rings. The first-order valence-corrected chi connectivity index (χ1v) is 11.1. The summed E-state index contributed by atoms with van der Waals surface area (Å²) in [6, 6.07) is 0. The highest BCUT2D eigenvalue weighted by atomic mass is 32.1. The molecule has 5 rings (SSSR count). The van der Waals surface area contributed by atoms with Gasteiger partial charge in [0.15, 0.2) is 0 Å². The van der Waals surface area contributed by atoms with Crippen LogP contribution in [-0.2, 0) is 17.6 Å². The monoisotopic (exact) mass is 385 g/mol. The molecule has 0 bridgehead atoms. The normalized spacial score (nSPS) is 21.0. The van der Waals surface area contributed by atoms with E-state index in [2.05, 4.69) is 19.8 Å². The summed E-state index contributed by atoms with van der Waals surface area (Å²) in [4.78, 5) is 31.1. The summed E-state index contributed by atoms with van der Waals surface area (Å²) in [7, 11) is 0. The quantitative estimate of drug-likeness (QED) is 0.812. The molecule has 7 heteroatoms. The fourth-order valence-electron chi connectivity index (χ4n) is 4.69. The highest BCUT2D eigenvalue weighted by molar-refractivity contribution is 7.19. The number of piperazine rings is 1. The zero-order chi connectivity index (χ0) is 18.2. The van der Waals surface area contributed by atoms with Gasteiger partial charge in [0, 0.05) is 44.1 Å². The number of anilines is 1. The van der Waals surface area contributed by atoms with Crippen LogP contribution < -0.4 is 4.90 Å². The summed E-state index contributed by atoms with van der Waals surface area (Å²) in [5, 5.41) is 1.30. The van der Waals surface area contributed by atoms with Crippen molar-refractivity contribution in [2.45, 2.75) is 38.5 Å². The molecule has 0 saturated carbocycles. The minimum atomic E-state index is 0.303. The summed E-state index contributed by atoms with van der Waals surface area (Å²) in [5.74, 6) is 1.42. The van der Waals surface area contributed by atoms with E-state index in [4.69, 9.17) is 0 Å². The molecule has 1 aliphatic carbocycles. The van der Waals surface area contributed by atoms with Crippen molar-refractivity contribution in [1.29, 1.82) is 0 Å². The van der Waals surface area contributed by atoms with Gasteiger partial charge in [-0.3, -0.25) is 9.69 Å². The molecular weight excluding hydrogens is 358 g/mol. The smallest absolute Gasteiger partial charge is 0.236 e. The van der Waals surface area contributed by atoms with Gasteiger partial charge in [-0.2, -0.15) is 0 Å². The van der Waals surface area contributed by atoms with Crippen LogP contribution in [-0.4, -0.2) is 71.5 Å². The standard InChI is InChI=1S/C20H27N5OS/c26-17(24-7-3-4-8-24)13-23-9-11-25(12-10-23)19-18-15-5-1-2-6-16(15)27-20(18)22-14-21-19/h14H,1-13H2. The largest absolute Gasteiger partial charge is 0.353 e. The van der Waals surface area contributed by atoms with Crippen molar-refractivity contribution in [2.75, 3.05) is 50.7 Å². The van der Waals surface area contributed by atoms with Gasteiger partial charge >= 0.3 is 0 Å². The number of fused-ring (bicyclic) bond motifs is 3. The zero-order valence-electron chi connectivity index (χ0n) is 15.8. The molecule has 2 aromatic heterocycles. The van der Waals surface area contributed by atoms with Gasteiger partial charge in [0.05, 0.1) is 11.9 Å². The number of carbonyl (C=O) groups excluding carboxylic acids is 1. The highest BCUT2D eigenvalue weighted by Gasteiger charge is 2.27. The van der Waals surface area contributed by atoms with Crippen LogP contribution in [0.15, 0.2) is 6.33 Å². The molecular formula is C20H27N5OS. The van der Waals surface area contributed by atoms with Crippen molar-refractivity contribution in [3.63, 3.8) is 0 Å². The second-order valence-electron chi connectivity index (χ2n) is 7.94. The fourth-order valence-corrected chi connectivity index (χ4v) is 5.91. The second-order valence-corrected chi connectivity index (χ2v) is 9.02. The first kappa shape index (κ1) is 17.4. The van der Waals surface area contributed by atoms with Gasteiger partial charge in [0.1, 0.15) is 17.0 Å². The second kappa shape index (κ2) is 7.36. The molecule has 144 valence electrons. The van der Waals surface area contributed by atoms with Gasteiger partial charge in [-0.05, 0) is 44.1 Å². The van der Waals surface area contributed by atoms with Gasteiger partial charge in [-0.25, -0.2) is 9.97 Å². The summed E-state index contributed by atoms with van der Waals surface area (Å²) < 4.78 is 0. The number of nitrogens with zero attached hydrogens (tertiary/aromatic N) is 5. The Balaban J connectivity index is 1.29. The van der Waals surface area contributed by atoms with Crippen LogP contribution in [0.5, 0.6) is 0 Å². The molecule has 0 spiro atoms. The van der Waals surface area contributed by atoms with E-state index >= 15 is 0 Å². The number of likely N-dealkylation sites (tertiary alicyclic amines) is 1. The van der Waals surface area contributed by atoms with Crippen LogP contribution in [0, 0.1) is 0 Å². The molecule has 0 radical (unpaired) electrons. The molecule has 1 amide bonds. The predicted molar refractivity (Wildman–Crippen MR) is 109 cm³/mol. The maximum atomic E-state index is 12.4. The molecule has 2 aliphatic heterocycles. The first-order chi connectivity index (χ1) is 13.3. The first-order valence-electron chi connectivity index (χ1n) is 10.3. The summed E-state index contributed by atoms with van der Waals surface area (Å²) in [6.45, 7) is 6.19. The zero-order valence-corrected chi connectivity index (χ0v) is 16.6. The molecule has 6 nitrogen and oxygen atoms in total. The maximum Gasteiger partial charge on any atom is 0.236 e. The Morgan fingerprint density at radius 1 is 0.963 bits per heavy atom. The van der Waals surface area contributed by atoms with Crippen LogP contribution in [0.2, 0.25) is 0 Å². The third-order valence-corrected chi connectivity index (χ3v) is 7.42. The Labute approximate surface area is 164 Å². The average Bonchev–Trinajstić information content (AvgIpc) is 3.36. The third-order valence-electron chi connectivity index (χ3n) is 6.22. The van der Waals surface area contributed by atoms with Crippen LogP contribution in [0.1, 0.15) is 36.1 Å². The molecule has 2 fully saturated rings. The Morgan fingerprint density at radius 3 is 2.56 bits per heavy atom. The van der Waals surface area contributed by atoms with Gasteiger partial charge < -0.3 is 9.80 Å². The molecule has 2 saturated heterocycles. The van der Waals surface area contributed by atoms with Crippen LogP contribution in [0.3, 0.4) is 0 Å². The number of amides is 1. The summed E-state index contributed by atoms with van der Waals surface area (Å²) in [5.41, 5.74) is 1.50. The number of carbonyl (C=O) groups is 1. The Hall–Kier alpha value is -1.73. The van der Waals surface area contributed by atoms with Crippen LogP contribution >= 0.6 is 11.3 Å². The molecule has 2 aromatic rings. The van der Waals surface area contributed by atoms with Crippen LogP contribution in [0.4, 0.5) is 5.82 Å². The number of rotatable bonds is 3. The van der Waals surface area contributed by atoms with E-state index in [1.807, 2.05) is 16.2 Å².